The lowest BCUT2D eigenvalue weighted by molar-refractivity contribution is -0.131. The van der Waals surface area contributed by atoms with Crippen LogP contribution in [0.2, 0.25) is 0 Å². The van der Waals surface area contributed by atoms with Crippen molar-refractivity contribution in [3.63, 3.8) is 0 Å². The number of hydrogen-bond donors (Lipinski definition) is 1. The number of cyclic esters (lactones) is 1. The monoisotopic (exact) mass is 497 g/mol. The van der Waals surface area contributed by atoms with Crippen molar-refractivity contribution in [1.29, 1.82) is 0 Å². The van der Waals surface area contributed by atoms with Gasteiger partial charge in [-0.15, -0.1) is 0 Å². The van der Waals surface area contributed by atoms with Crippen molar-refractivity contribution in [2.24, 2.45) is 0 Å². The fourth-order valence-electron chi connectivity index (χ4n) is 4.41. The number of aromatic nitrogens is 1. The molecule has 0 bridgehead atoms. The van der Waals surface area contributed by atoms with Crippen molar-refractivity contribution >= 4 is 29.4 Å². The summed E-state index contributed by atoms with van der Waals surface area (Å²) in [5, 5.41) is 2.62. The first-order chi connectivity index (χ1) is 17.4. The summed E-state index contributed by atoms with van der Waals surface area (Å²) in [5.41, 5.74) is 1.40. The number of benzene rings is 1. The highest BCUT2D eigenvalue weighted by atomic mass is 19.1. The van der Waals surface area contributed by atoms with E-state index in [-0.39, 0.29) is 24.9 Å². The number of amides is 3. The van der Waals surface area contributed by atoms with Gasteiger partial charge in [-0.2, -0.15) is 0 Å². The zero-order valence-corrected chi connectivity index (χ0v) is 20.7. The van der Waals surface area contributed by atoms with Gasteiger partial charge in [0.25, 0.3) is 0 Å². The molecule has 2 aliphatic rings. The summed E-state index contributed by atoms with van der Waals surface area (Å²) in [7, 11) is 0. The Kier molecular flexibility index (Phi) is 8.02. The minimum absolute atomic E-state index is 0.209. The summed E-state index contributed by atoms with van der Waals surface area (Å²) in [6, 6.07) is 8.29. The summed E-state index contributed by atoms with van der Waals surface area (Å²) in [4.78, 5) is 45.5. The van der Waals surface area contributed by atoms with Crippen molar-refractivity contribution in [2.75, 3.05) is 49.1 Å². The molecule has 1 aromatic carbocycles. The molecule has 10 heteroatoms. The number of anilines is 2. The minimum atomic E-state index is -0.573. The fraction of sp³-hybridized carbons (Fsp3) is 0.462. The molecule has 2 aliphatic heterocycles. The van der Waals surface area contributed by atoms with E-state index in [9.17, 15) is 14.4 Å². The van der Waals surface area contributed by atoms with Crippen molar-refractivity contribution in [2.45, 2.75) is 39.2 Å². The number of nitrogens with zero attached hydrogens (tertiary/aromatic N) is 4. The number of ether oxygens (including phenoxy) is 1. The van der Waals surface area contributed by atoms with Gasteiger partial charge in [-0.1, -0.05) is 13.3 Å². The molecule has 0 spiro atoms. The van der Waals surface area contributed by atoms with Crippen LogP contribution in [0.1, 0.15) is 33.1 Å². The molecule has 2 fully saturated rings. The molecule has 36 heavy (non-hydrogen) atoms. The van der Waals surface area contributed by atoms with Crippen molar-refractivity contribution in [3.05, 3.63) is 42.3 Å². The van der Waals surface area contributed by atoms with Gasteiger partial charge in [0.15, 0.2) is 0 Å². The molecule has 9 nitrogen and oxygen atoms in total. The summed E-state index contributed by atoms with van der Waals surface area (Å²) in [6.45, 7) is 6.67. The summed E-state index contributed by atoms with van der Waals surface area (Å²) in [6.07, 6.45) is 3.11. The molecule has 1 N–H and O–H groups in total. The van der Waals surface area contributed by atoms with Crippen molar-refractivity contribution in [1.82, 2.24) is 15.2 Å². The van der Waals surface area contributed by atoms with Crippen molar-refractivity contribution < 1.29 is 23.5 Å². The molecule has 3 heterocycles. The second kappa shape index (κ2) is 11.4. The topological polar surface area (TPSA) is 95.1 Å². The Labute approximate surface area is 210 Å². The molecule has 4 rings (SSSR count). The van der Waals surface area contributed by atoms with Gasteiger partial charge in [0.05, 0.1) is 18.8 Å². The lowest BCUT2D eigenvalue weighted by Gasteiger charge is -2.35. The van der Waals surface area contributed by atoms with Crippen LogP contribution in [0.3, 0.4) is 0 Å². The number of pyridine rings is 1. The Morgan fingerprint density at radius 1 is 1.17 bits per heavy atom. The number of piperazine rings is 1. The molecule has 192 valence electrons. The highest BCUT2D eigenvalue weighted by molar-refractivity contribution is 5.90. The standard InChI is InChI=1S/C26H32FN5O4/c1-3-4-5-25(34)31-12-10-30(11-13-31)24-9-6-19(15-29-24)22-8-7-20(14-23(22)27)32-17-21(36-26(32)35)16-28-18(2)33/h6-9,14-15,21H,3-5,10-13,16-17H2,1-2H3,(H,28,33)/t21-/m0/s1. The first-order valence-corrected chi connectivity index (χ1v) is 12.4. The zero-order chi connectivity index (χ0) is 25.7. The van der Waals surface area contributed by atoms with E-state index in [1.54, 1.807) is 18.3 Å². The van der Waals surface area contributed by atoms with Gasteiger partial charge in [0.1, 0.15) is 17.7 Å². The van der Waals surface area contributed by atoms with Crippen LogP contribution in [0.4, 0.5) is 20.7 Å². The SMILES string of the molecule is CCCCC(=O)N1CCN(c2ccc(-c3ccc(N4C[C@H](CNC(C)=O)OC4=O)cc3F)cn2)CC1. The Bertz CT molecular complexity index is 1100. The summed E-state index contributed by atoms with van der Waals surface area (Å²) < 4.78 is 20.3. The van der Waals surface area contributed by atoms with Crippen LogP contribution in [0.25, 0.3) is 11.1 Å². The van der Waals surface area contributed by atoms with Gasteiger partial charge in [-0.3, -0.25) is 14.5 Å². The van der Waals surface area contributed by atoms with E-state index >= 15 is 4.39 Å². The van der Waals surface area contributed by atoms with E-state index in [1.165, 1.54) is 17.9 Å². The van der Waals surface area contributed by atoms with Crippen LogP contribution in [0.5, 0.6) is 0 Å². The number of unbranched alkanes of at least 4 members (excludes halogenated alkanes) is 1. The Morgan fingerprint density at radius 3 is 2.58 bits per heavy atom. The highest BCUT2D eigenvalue weighted by Crippen LogP contribution is 2.29. The average Bonchev–Trinajstić information content (AvgIpc) is 3.26. The van der Waals surface area contributed by atoms with E-state index in [1.807, 2.05) is 17.0 Å². The quantitative estimate of drug-likeness (QED) is 0.602. The van der Waals surface area contributed by atoms with Crippen LogP contribution in [-0.4, -0.2) is 73.2 Å². The largest absolute Gasteiger partial charge is 0.442 e. The molecular weight excluding hydrogens is 465 g/mol. The third kappa shape index (κ3) is 5.92. The molecule has 2 saturated heterocycles. The lowest BCUT2D eigenvalue weighted by Crippen LogP contribution is -2.49. The van der Waals surface area contributed by atoms with Crippen LogP contribution in [-0.2, 0) is 14.3 Å². The maximum absolute atomic E-state index is 15.0. The fourth-order valence-corrected chi connectivity index (χ4v) is 4.41. The lowest BCUT2D eigenvalue weighted by atomic mass is 10.1. The molecule has 0 radical (unpaired) electrons. The van der Waals surface area contributed by atoms with Crippen LogP contribution in [0.15, 0.2) is 36.5 Å². The van der Waals surface area contributed by atoms with E-state index in [0.717, 1.165) is 18.7 Å². The van der Waals surface area contributed by atoms with E-state index in [4.69, 9.17) is 4.74 Å². The van der Waals surface area contributed by atoms with Crippen LogP contribution < -0.4 is 15.1 Å². The second-order valence-corrected chi connectivity index (χ2v) is 9.09. The maximum atomic E-state index is 15.0. The minimum Gasteiger partial charge on any atom is -0.442 e. The number of rotatable bonds is 8. The molecule has 1 atom stereocenters. The van der Waals surface area contributed by atoms with E-state index < -0.39 is 18.0 Å². The Hall–Kier alpha value is -3.69. The van der Waals surface area contributed by atoms with Gasteiger partial charge in [-0.05, 0) is 36.8 Å². The molecule has 0 saturated carbocycles. The molecule has 1 aromatic heterocycles. The third-order valence-corrected chi connectivity index (χ3v) is 6.48. The van der Waals surface area contributed by atoms with Gasteiger partial charge in [0, 0.05) is 56.8 Å². The molecule has 2 aromatic rings. The van der Waals surface area contributed by atoms with Crippen LogP contribution in [0, 0.1) is 5.82 Å². The molecule has 3 amide bonds. The first-order valence-electron chi connectivity index (χ1n) is 12.4. The number of carbonyl (C=O) groups excluding carboxylic acids is 3. The number of nitrogens with one attached hydrogen (secondary N) is 1. The van der Waals surface area contributed by atoms with Crippen molar-refractivity contribution in [3.8, 4) is 11.1 Å². The van der Waals surface area contributed by atoms with Gasteiger partial charge in [0.2, 0.25) is 11.8 Å². The Morgan fingerprint density at radius 2 is 1.94 bits per heavy atom. The molecule has 0 aliphatic carbocycles. The Balaban J connectivity index is 1.37. The summed E-state index contributed by atoms with van der Waals surface area (Å²) in [5.74, 6) is 0.323. The van der Waals surface area contributed by atoms with Gasteiger partial charge >= 0.3 is 6.09 Å². The predicted molar refractivity (Wildman–Crippen MR) is 134 cm³/mol. The molecule has 0 unspecified atom stereocenters. The normalized spacial score (nSPS) is 17.8. The number of carbonyl (C=O) groups is 3. The number of halogens is 1. The zero-order valence-electron chi connectivity index (χ0n) is 20.7. The maximum Gasteiger partial charge on any atom is 0.414 e. The average molecular weight is 498 g/mol. The number of hydrogen-bond acceptors (Lipinski definition) is 6. The van der Waals surface area contributed by atoms with E-state index in [0.29, 0.717) is 49.4 Å². The van der Waals surface area contributed by atoms with E-state index in [2.05, 4.69) is 22.1 Å². The smallest absolute Gasteiger partial charge is 0.414 e. The summed E-state index contributed by atoms with van der Waals surface area (Å²) >= 11 is 0. The first kappa shape index (κ1) is 25.4. The predicted octanol–water partition coefficient (Wildman–Crippen LogP) is 3.19. The third-order valence-electron chi connectivity index (χ3n) is 6.48. The highest BCUT2D eigenvalue weighted by Gasteiger charge is 2.32. The van der Waals surface area contributed by atoms with Gasteiger partial charge < -0.3 is 19.9 Å². The second-order valence-electron chi connectivity index (χ2n) is 9.09. The molecular formula is C26H32FN5O4. The van der Waals surface area contributed by atoms with Crippen LogP contribution >= 0.6 is 0 Å². The van der Waals surface area contributed by atoms with Gasteiger partial charge in [-0.25, -0.2) is 14.2 Å².